The molecule has 1 saturated carbocycles. The van der Waals surface area contributed by atoms with E-state index in [9.17, 15) is 0 Å². The molecule has 0 saturated heterocycles. The van der Waals surface area contributed by atoms with Crippen molar-refractivity contribution in [1.29, 1.82) is 0 Å². The van der Waals surface area contributed by atoms with Gasteiger partial charge in [-0.3, -0.25) is 0 Å². The second-order valence-electron chi connectivity index (χ2n) is 12.8. The van der Waals surface area contributed by atoms with Gasteiger partial charge in [-0.25, -0.2) is 0 Å². The van der Waals surface area contributed by atoms with E-state index in [2.05, 4.69) is 142 Å². The number of hydrogen-bond acceptors (Lipinski definition) is 1. The smallest absolute Gasteiger partial charge is 0.00642 e. The number of aryl methyl sites for hydroxylation is 4. The molecular formula is C44H65N. The van der Waals surface area contributed by atoms with Gasteiger partial charge in [-0.15, -0.1) is 0 Å². The van der Waals surface area contributed by atoms with Crippen molar-refractivity contribution >= 4 is 11.1 Å². The first-order chi connectivity index (χ1) is 21.3. The number of benzene rings is 3. The SMILES string of the molecule is C=C(C)/C(C)=C(\C)c1c(C)ccc(C)c1C.C=C(C)c1cccc(-c2ccc(C)c(CC)c2)c1.CC.CNC1CCC(C)CC1. The molecular weight excluding hydrogens is 542 g/mol. The standard InChI is InChI=1S/C18H20.C16H22.C8H17N.C2H6/c1-5-15-11-18(10-9-14(15)4)17-8-6-7-16(12-17)13(2)3;1-10(2)13(5)15(7)16-12(4)9-8-11(3)14(16)6;1-7-3-5-8(9-2)6-4-7;1-2/h6-12H,2,5H2,1,3-4H3;8-9H,1H2,2-7H3;7-9H,3-6H2,1-2H3;1-2H3/b;15-13+;;. The topological polar surface area (TPSA) is 12.0 Å². The zero-order valence-corrected chi connectivity index (χ0v) is 31.3. The van der Waals surface area contributed by atoms with Crippen molar-refractivity contribution in [2.45, 2.75) is 121 Å². The molecule has 0 aromatic heterocycles. The molecule has 0 unspecified atom stereocenters. The Bertz CT molecular complexity index is 1410. The van der Waals surface area contributed by atoms with Crippen molar-refractivity contribution < 1.29 is 0 Å². The van der Waals surface area contributed by atoms with Gasteiger partial charge in [-0.2, -0.15) is 0 Å². The molecule has 1 aliphatic carbocycles. The van der Waals surface area contributed by atoms with Gasteiger partial charge in [-0.1, -0.05) is 101 Å². The van der Waals surface area contributed by atoms with Gasteiger partial charge in [-0.05, 0) is 168 Å². The van der Waals surface area contributed by atoms with Crippen LogP contribution in [0.2, 0.25) is 0 Å². The average Bonchev–Trinajstić information content (AvgIpc) is 3.04. The summed E-state index contributed by atoms with van der Waals surface area (Å²) in [5, 5.41) is 3.32. The van der Waals surface area contributed by atoms with Crippen LogP contribution in [-0.4, -0.2) is 13.1 Å². The lowest BCUT2D eigenvalue weighted by molar-refractivity contribution is 0.319. The fourth-order valence-electron chi connectivity index (χ4n) is 5.78. The van der Waals surface area contributed by atoms with Crippen molar-refractivity contribution in [1.82, 2.24) is 5.32 Å². The largest absolute Gasteiger partial charge is 0.317 e. The van der Waals surface area contributed by atoms with Crippen molar-refractivity contribution in [2.75, 3.05) is 7.05 Å². The monoisotopic (exact) mass is 608 g/mol. The van der Waals surface area contributed by atoms with Crippen LogP contribution in [0.25, 0.3) is 22.3 Å². The third kappa shape index (κ3) is 12.3. The van der Waals surface area contributed by atoms with Gasteiger partial charge < -0.3 is 5.32 Å². The number of allylic oxidation sites excluding steroid dienone is 4. The Kier molecular flexibility index (Phi) is 17.8. The van der Waals surface area contributed by atoms with Crippen molar-refractivity contribution in [3.8, 4) is 11.1 Å². The van der Waals surface area contributed by atoms with E-state index in [4.69, 9.17) is 0 Å². The lowest BCUT2D eigenvalue weighted by Gasteiger charge is -2.25. The van der Waals surface area contributed by atoms with Crippen LogP contribution in [0.1, 0.15) is 120 Å². The first-order valence-electron chi connectivity index (χ1n) is 17.2. The highest BCUT2D eigenvalue weighted by Gasteiger charge is 2.15. The minimum absolute atomic E-state index is 0.821. The van der Waals surface area contributed by atoms with Gasteiger partial charge in [0.1, 0.15) is 0 Å². The van der Waals surface area contributed by atoms with Crippen LogP contribution in [0.5, 0.6) is 0 Å². The Morgan fingerprint density at radius 2 is 1.31 bits per heavy atom. The summed E-state index contributed by atoms with van der Waals surface area (Å²) in [7, 11) is 2.07. The summed E-state index contributed by atoms with van der Waals surface area (Å²) in [6.07, 6.45) is 6.70. The summed E-state index contributed by atoms with van der Waals surface area (Å²) in [5.74, 6) is 0.981. The van der Waals surface area contributed by atoms with Crippen LogP contribution in [0.15, 0.2) is 78.9 Å². The third-order valence-corrected chi connectivity index (χ3v) is 9.36. The van der Waals surface area contributed by atoms with Crippen molar-refractivity contribution in [3.05, 3.63) is 118 Å². The van der Waals surface area contributed by atoms with E-state index in [1.807, 2.05) is 20.8 Å². The molecule has 0 aliphatic heterocycles. The molecule has 1 fully saturated rings. The Hall–Kier alpha value is -3.16. The van der Waals surface area contributed by atoms with E-state index < -0.39 is 0 Å². The Morgan fingerprint density at radius 3 is 1.84 bits per heavy atom. The summed E-state index contributed by atoms with van der Waals surface area (Å²) >= 11 is 0. The highest BCUT2D eigenvalue weighted by Crippen LogP contribution is 2.29. The van der Waals surface area contributed by atoms with Gasteiger partial charge in [0, 0.05) is 6.04 Å². The van der Waals surface area contributed by atoms with Gasteiger partial charge in [0.2, 0.25) is 0 Å². The molecule has 0 atom stereocenters. The first-order valence-corrected chi connectivity index (χ1v) is 17.2. The van der Waals surface area contributed by atoms with E-state index in [0.29, 0.717) is 0 Å². The third-order valence-electron chi connectivity index (χ3n) is 9.36. The van der Waals surface area contributed by atoms with Gasteiger partial charge in [0.25, 0.3) is 0 Å². The maximum atomic E-state index is 4.03. The fourth-order valence-corrected chi connectivity index (χ4v) is 5.78. The molecule has 1 N–H and O–H groups in total. The van der Waals surface area contributed by atoms with E-state index in [-0.39, 0.29) is 0 Å². The quantitative estimate of drug-likeness (QED) is 0.275. The van der Waals surface area contributed by atoms with Crippen LogP contribution in [0.4, 0.5) is 0 Å². The van der Waals surface area contributed by atoms with E-state index >= 15 is 0 Å². The van der Waals surface area contributed by atoms with Crippen LogP contribution in [-0.2, 0) is 6.42 Å². The minimum Gasteiger partial charge on any atom is -0.317 e. The van der Waals surface area contributed by atoms with Crippen LogP contribution in [0.3, 0.4) is 0 Å². The summed E-state index contributed by atoms with van der Waals surface area (Å²) in [4.78, 5) is 0. The van der Waals surface area contributed by atoms with Gasteiger partial charge >= 0.3 is 0 Å². The van der Waals surface area contributed by atoms with Gasteiger partial charge in [0.05, 0.1) is 0 Å². The fraction of sp³-hybridized carbons (Fsp3) is 0.455. The maximum absolute atomic E-state index is 4.03. The lowest BCUT2D eigenvalue weighted by atomic mass is 9.87. The molecule has 0 radical (unpaired) electrons. The van der Waals surface area contributed by atoms with E-state index in [1.54, 1.807) is 0 Å². The van der Waals surface area contributed by atoms with Crippen LogP contribution in [0, 0.1) is 33.6 Å². The lowest BCUT2D eigenvalue weighted by Crippen LogP contribution is -2.29. The van der Waals surface area contributed by atoms with E-state index in [0.717, 1.165) is 29.5 Å². The Morgan fingerprint density at radius 1 is 0.756 bits per heavy atom. The van der Waals surface area contributed by atoms with Crippen molar-refractivity contribution in [2.24, 2.45) is 5.92 Å². The summed E-state index contributed by atoms with van der Waals surface area (Å²) in [6, 6.07) is 20.5. The van der Waals surface area contributed by atoms with Crippen molar-refractivity contribution in [3.63, 3.8) is 0 Å². The first kappa shape index (κ1) is 39.9. The highest BCUT2D eigenvalue weighted by atomic mass is 14.9. The van der Waals surface area contributed by atoms with E-state index in [1.165, 1.54) is 86.9 Å². The molecule has 0 spiro atoms. The minimum atomic E-state index is 0.821. The summed E-state index contributed by atoms with van der Waals surface area (Å²) < 4.78 is 0. The molecule has 1 aliphatic rings. The molecule has 3 aromatic rings. The maximum Gasteiger partial charge on any atom is 0.00642 e. The predicted molar refractivity (Wildman–Crippen MR) is 206 cm³/mol. The number of nitrogens with one attached hydrogen (secondary N) is 1. The zero-order valence-electron chi connectivity index (χ0n) is 31.3. The normalized spacial score (nSPS) is 16.0. The number of rotatable bonds is 6. The number of hydrogen-bond donors (Lipinski definition) is 1. The highest BCUT2D eigenvalue weighted by molar-refractivity contribution is 5.75. The van der Waals surface area contributed by atoms with Crippen LogP contribution >= 0.6 is 0 Å². The molecule has 0 amide bonds. The molecule has 4 rings (SSSR count). The second-order valence-corrected chi connectivity index (χ2v) is 12.8. The molecule has 1 nitrogen and oxygen atoms in total. The summed E-state index contributed by atoms with van der Waals surface area (Å²) in [5.41, 5.74) is 17.0. The average molecular weight is 608 g/mol. The molecule has 45 heavy (non-hydrogen) atoms. The Labute approximate surface area is 279 Å². The summed E-state index contributed by atoms with van der Waals surface area (Å²) in [6.45, 7) is 33.8. The zero-order chi connectivity index (χ0) is 34.3. The second kappa shape index (κ2) is 20.1. The molecule has 246 valence electrons. The molecule has 0 bridgehead atoms. The molecule has 0 heterocycles. The van der Waals surface area contributed by atoms with Crippen LogP contribution < -0.4 is 5.32 Å². The Balaban J connectivity index is 0.000000344. The predicted octanol–water partition coefficient (Wildman–Crippen LogP) is 13.0. The van der Waals surface area contributed by atoms with Gasteiger partial charge in [0.15, 0.2) is 0 Å². The molecule has 1 heteroatoms. The molecule has 3 aromatic carbocycles.